The van der Waals surface area contributed by atoms with Crippen molar-refractivity contribution in [3.8, 4) is 5.75 Å². The van der Waals surface area contributed by atoms with Crippen LogP contribution in [0.5, 0.6) is 5.75 Å². The summed E-state index contributed by atoms with van der Waals surface area (Å²) >= 11 is 6.10. The van der Waals surface area contributed by atoms with Crippen LogP contribution in [0.4, 0.5) is 5.69 Å². The van der Waals surface area contributed by atoms with Crippen LogP contribution in [-0.2, 0) is 9.53 Å². The number of benzene rings is 1. The number of nitrogens with one attached hydrogen (secondary N) is 1. The SMILES string of the molecule is CCN(CC(=O)Nc1ccc(OC)c(Cl)c1)[C@H]1CCOC(C)(C)C1. The zero-order valence-corrected chi connectivity index (χ0v) is 15.7. The maximum absolute atomic E-state index is 12.4. The van der Waals surface area contributed by atoms with Crippen LogP contribution in [0.25, 0.3) is 0 Å². The van der Waals surface area contributed by atoms with Gasteiger partial charge in [-0.05, 0) is 51.4 Å². The van der Waals surface area contributed by atoms with Gasteiger partial charge in [0.1, 0.15) is 5.75 Å². The summed E-state index contributed by atoms with van der Waals surface area (Å²) in [6, 6.07) is 5.60. The molecule has 0 aliphatic carbocycles. The number of hydrogen-bond acceptors (Lipinski definition) is 4. The third-order valence-corrected chi connectivity index (χ3v) is 4.67. The van der Waals surface area contributed by atoms with Gasteiger partial charge in [0, 0.05) is 18.3 Å². The summed E-state index contributed by atoms with van der Waals surface area (Å²) in [6.45, 7) is 8.22. The van der Waals surface area contributed by atoms with Gasteiger partial charge in [0.05, 0.1) is 24.3 Å². The van der Waals surface area contributed by atoms with Crippen LogP contribution in [0, 0.1) is 0 Å². The lowest BCUT2D eigenvalue weighted by Gasteiger charge is -2.40. The Bertz CT molecular complexity index is 577. The zero-order valence-electron chi connectivity index (χ0n) is 14.9. The van der Waals surface area contributed by atoms with Gasteiger partial charge in [0.25, 0.3) is 0 Å². The number of rotatable bonds is 6. The molecule has 0 unspecified atom stereocenters. The van der Waals surface area contributed by atoms with E-state index < -0.39 is 0 Å². The Hall–Kier alpha value is -1.30. The second-order valence-electron chi connectivity index (χ2n) is 6.72. The molecule has 1 amide bonds. The standard InChI is InChI=1S/C18H27ClN2O3/c1-5-21(14-8-9-24-18(2,3)11-14)12-17(22)20-13-6-7-16(23-4)15(19)10-13/h6-7,10,14H,5,8-9,11-12H2,1-4H3,(H,20,22)/t14-/m0/s1. The molecule has 0 aromatic heterocycles. The first-order valence-electron chi connectivity index (χ1n) is 8.36. The summed E-state index contributed by atoms with van der Waals surface area (Å²) in [7, 11) is 1.56. The number of ether oxygens (including phenoxy) is 2. The maximum Gasteiger partial charge on any atom is 0.238 e. The number of likely N-dealkylation sites (N-methyl/N-ethyl adjacent to an activating group) is 1. The van der Waals surface area contributed by atoms with Crippen LogP contribution in [0.3, 0.4) is 0 Å². The maximum atomic E-state index is 12.4. The van der Waals surface area contributed by atoms with Gasteiger partial charge in [-0.1, -0.05) is 18.5 Å². The second kappa shape index (κ2) is 8.19. The number of hydrogen-bond donors (Lipinski definition) is 1. The average Bonchev–Trinajstić information content (AvgIpc) is 2.51. The highest BCUT2D eigenvalue weighted by atomic mass is 35.5. The highest BCUT2D eigenvalue weighted by Crippen LogP contribution is 2.28. The fourth-order valence-electron chi connectivity index (χ4n) is 3.14. The molecule has 0 radical (unpaired) electrons. The molecule has 1 fully saturated rings. The highest BCUT2D eigenvalue weighted by molar-refractivity contribution is 6.32. The molecule has 0 spiro atoms. The first kappa shape index (κ1) is 19.0. The third-order valence-electron chi connectivity index (χ3n) is 4.38. The molecule has 1 N–H and O–H groups in total. The van der Waals surface area contributed by atoms with E-state index in [1.807, 2.05) is 0 Å². The van der Waals surface area contributed by atoms with Gasteiger partial charge in [0.15, 0.2) is 0 Å². The number of amides is 1. The largest absolute Gasteiger partial charge is 0.495 e. The number of carbonyl (C=O) groups is 1. The summed E-state index contributed by atoms with van der Waals surface area (Å²) in [5, 5.41) is 3.39. The van der Waals surface area contributed by atoms with Crippen molar-refractivity contribution < 1.29 is 14.3 Å². The summed E-state index contributed by atoms with van der Waals surface area (Å²) < 4.78 is 10.9. The Labute approximate surface area is 149 Å². The topological polar surface area (TPSA) is 50.8 Å². The summed E-state index contributed by atoms with van der Waals surface area (Å²) in [5.74, 6) is 0.552. The fourth-order valence-corrected chi connectivity index (χ4v) is 3.40. The number of halogens is 1. The monoisotopic (exact) mass is 354 g/mol. The van der Waals surface area contributed by atoms with Crippen LogP contribution in [-0.4, -0.2) is 49.3 Å². The predicted octanol–water partition coefficient (Wildman–Crippen LogP) is 3.57. The summed E-state index contributed by atoms with van der Waals surface area (Å²) in [6.07, 6.45) is 1.89. The van der Waals surface area contributed by atoms with Crippen LogP contribution >= 0.6 is 11.6 Å². The molecule has 1 aliphatic heterocycles. The molecule has 1 heterocycles. The van der Waals surface area contributed by atoms with Gasteiger partial charge in [0.2, 0.25) is 5.91 Å². The van der Waals surface area contributed by atoms with Crippen molar-refractivity contribution in [3.05, 3.63) is 23.2 Å². The first-order valence-corrected chi connectivity index (χ1v) is 8.74. The molecule has 1 atom stereocenters. The lowest BCUT2D eigenvalue weighted by Crippen LogP contribution is -2.48. The van der Waals surface area contributed by atoms with E-state index in [2.05, 4.69) is 31.0 Å². The molecule has 0 bridgehead atoms. The number of carbonyl (C=O) groups excluding carboxylic acids is 1. The molecule has 1 aromatic rings. The van der Waals surface area contributed by atoms with E-state index in [1.54, 1.807) is 25.3 Å². The van der Waals surface area contributed by atoms with E-state index in [1.165, 1.54) is 0 Å². The molecular weight excluding hydrogens is 328 g/mol. The zero-order chi connectivity index (χ0) is 17.7. The second-order valence-corrected chi connectivity index (χ2v) is 7.12. The van der Waals surface area contributed by atoms with Crippen molar-refractivity contribution >= 4 is 23.2 Å². The van der Waals surface area contributed by atoms with Crippen LogP contribution in [0.2, 0.25) is 5.02 Å². The van der Waals surface area contributed by atoms with E-state index in [-0.39, 0.29) is 11.5 Å². The van der Waals surface area contributed by atoms with Gasteiger partial charge < -0.3 is 14.8 Å². The smallest absolute Gasteiger partial charge is 0.238 e. The van der Waals surface area contributed by atoms with Crippen molar-refractivity contribution in [2.75, 3.05) is 32.1 Å². The van der Waals surface area contributed by atoms with Crippen molar-refractivity contribution in [1.29, 1.82) is 0 Å². The van der Waals surface area contributed by atoms with E-state index in [0.717, 1.165) is 26.0 Å². The van der Waals surface area contributed by atoms with Crippen molar-refractivity contribution in [1.82, 2.24) is 4.90 Å². The summed E-state index contributed by atoms with van der Waals surface area (Å²) in [5.41, 5.74) is 0.546. The van der Waals surface area contributed by atoms with Crippen LogP contribution in [0.15, 0.2) is 18.2 Å². The fraction of sp³-hybridized carbons (Fsp3) is 0.611. The third kappa shape index (κ3) is 5.10. The van der Waals surface area contributed by atoms with E-state index in [0.29, 0.717) is 29.0 Å². The van der Waals surface area contributed by atoms with Gasteiger partial charge >= 0.3 is 0 Å². The Kier molecular flexibility index (Phi) is 6.49. The van der Waals surface area contributed by atoms with Gasteiger partial charge in [-0.15, -0.1) is 0 Å². The lowest BCUT2D eigenvalue weighted by atomic mass is 9.93. The molecule has 5 nitrogen and oxygen atoms in total. The van der Waals surface area contributed by atoms with Crippen molar-refractivity contribution in [2.24, 2.45) is 0 Å². The number of methoxy groups -OCH3 is 1. The van der Waals surface area contributed by atoms with Crippen molar-refractivity contribution in [3.63, 3.8) is 0 Å². The molecule has 0 saturated carbocycles. The van der Waals surface area contributed by atoms with E-state index >= 15 is 0 Å². The van der Waals surface area contributed by atoms with Crippen LogP contribution < -0.4 is 10.1 Å². The molecule has 1 aromatic carbocycles. The molecule has 1 aliphatic rings. The minimum absolute atomic E-state index is 0.0395. The van der Waals surface area contributed by atoms with E-state index in [4.69, 9.17) is 21.1 Å². The molecule has 24 heavy (non-hydrogen) atoms. The van der Waals surface area contributed by atoms with Gasteiger partial charge in [-0.2, -0.15) is 0 Å². The van der Waals surface area contributed by atoms with Crippen molar-refractivity contribution in [2.45, 2.75) is 45.3 Å². The molecule has 134 valence electrons. The average molecular weight is 355 g/mol. The van der Waals surface area contributed by atoms with Crippen LogP contribution in [0.1, 0.15) is 33.6 Å². The first-order chi connectivity index (χ1) is 11.3. The van der Waals surface area contributed by atoms with Gasteiger partial charge in [-0.3, -0.25) is 9.69 Å². The number of nitrogens with zero attached hydrogens (tertiary/aromatic N) is 1. The minimum Gasteiger partial charge on any atom is -0.495 e. The summed E-state index contributed by atoms with van der Waals surface area (Å²) in [4.78, 5) is 14.6. The molecule has 2 rings (SSSR count). The Balaban J connectivity index is 1.95. The lowest BCUT2D eigenvalue weighted by molar-refractivity contribution is -0.120. The number of anilines is 1. The normalized spacial score (nSPS) is 20.0. The minimum atomic E-state index is -0.129. The molecular formula is C18H27ClN2O3. The Morgan fingerprint density at radius 3 is 2.83 bits per heavy atom. The molecule has 1 saturated heterocycles. The Morgan fingerprint density at radius 2 is 2.25 bits per heavy atom. The Morgan fingerprint density at radius 1 is 1.50 bits per heavy atom. The predicted molar refractivity (Wildman–Crippen MR) is 96.9 cm³/mol. The van der Waals surface area contributed by atoms with E-state index in [9.17, 15) is 4.79 Å². The quantitative estimate of drug-likeness (QED) is 0.848. The molecule has 6 heteroatoms. The van der Waals surface area contributed by atoms with Gasteiger partial charge in [-0.25, -0.2) is 0 Å². The highest BCUT2D eigenvalue weighted by Gasteiger charge is 2.32.